The molecule has 0 spiro atoms. The Morgan fingerprint density at radius 2 is 2.21 bits per heavy atom. The van der Waals surface area contributed by atoms with Crippen molar-refractivity contribution in [2.45, 2.75) is 38.6 Å². The Balaban J connectivity index is 1.73. The van der Waals surface area contributed by atoms with Crippen molar-refractivity contribution < 1.29 is 4.74 Å². The molecule has 0 saturated heterocycles. The van der Waals surface area contributed by atoms with Gasteiger partial charge in [0, 0.05) is 24.3 Å². The van der Waals surface area contributed by atoms with Crippen molar-refractivity contribution in [3.63, 3.8) is 0 Å². The minimum atomic E-state index is 0.727. The van der Waals surface area contributed by atoms with Gasteiger partial charge in [0.2, 0.25) is 0 Å². The van der Waals surface area contributed by atoms with Crippen LogP contribution in [0.25, 0.3) is 0 Å². The summed E-state index contributed by atoms with van der Waals surface area (Å²) in [7, 11) is 2.21. The number of nitrogens with zero attached hydrogens (tertiary/aromatic N) is 1. The van der Waals surface area contributed by atoms with Crippen molar-refractivity contribution in [1.82, 2.24) is 4.90 Å². The first-order valence-electron chi connectivity index (χ1n) is 7.33. The van der Waals surface area contributed by atoms with E-state index >= 15 is 0 Å². The molecule has 2 N–H and O–H groups in total. The van der Waals surface area contributed by atoms with Crippen LogP contribution in [0.2, 0.25) is 0 Å². The van der Waals surface area contributed by atoms with Crippen LogP contribution < -0.4 is 10.5 Å². The number of likely N-dealkylation sites (N-methyl/N-ethyl adjacent to an activating group) is 1. The third kappa shape index (κ3) is 4.43. The van der Waals surface area contributed by atoms with Crippen LogP contribution in [0.1, 0.15) is 32.6 Å². The Morgan fingerprint density at radius 1 is 1.37 bits per heavy atom. The van der Waals surface area contributed by atoms with Gasteiger partial charge in [-0.05, 0) is 37.9 Å². The number of benzene rings is 1. The Bertz CT molecular complexity index is 394. The fourth-order valence-corrected chi connectivity index (χ4v) is 2.90. The van der Waals surface area contributed by atoms with Crippen LogP contribution in [0, 0.1) is 5.92 Å². The standard InChI is InChI=1S/C16H26N2O/c1-13-5-3-7-15(11-13)18(2)9-10-19-16-8-4-6-14(17)12-16/h4,6,8,12-13,15H,3,5,7,9-11,17H2,1-2H3. The maximum atomic E-state index is 5.75. The number of anilines is 1. The molecule has 1 aromatic carbocycles. The Labute approximate surface area is 116 Å². The summed E-state index contributed by atoms with van der Waals surface area (Å²) in [6, 6.07) is 8.37. The molecule has 0 amide bonds. The molecule has 3 heteroatoms. The monoisotopic (exact) mass is 262 g/mol. The van der Waals surface area contributed by atoms with Gasteiger partial charge in [0.15, 0.2) is 0 Å². The lowest BCUT2D eigenvalue weighted by atomic mass is 9.86. The molecule has 19 heavy (non-hydrogen) atoms. The zero-order valence-electron chi connectivity index (χ0n) is 12.1. The quantitative estimate of drug-likeness (QED) is 0.828. The summed E-state index contributed by atoms with van der Waals surface area (Å²) in [5.41, 5.74) is 6.49. The predicted octanol–water partition coefficient (Wildman–Crippen LogP) is 3.16. The molecule has 3 nitrogen and oxygen atoms in total. The van der Waals surface area contributed by atoms with Crippen LogP contribution in [0.4, 0.5) is 5.69 Å². The fourth-order valence-electron chi connectivity index (χ4n) is 2.90. The highest BCUT2D eigenvalue weighted by Gasteiger charge is 2.21. The van der Waals surface area contributed by atoms with Crippen molar-refractivity contribution in [3.8, 4) is 5.75 Å². The van der Waals surface area contributed by atoms with Gasteiger partial charge in [-0.2, -0.15) is 0 Å². The van der Waals surface area contributed by atoms with E-state index < -0.39 is 0 Å². The van der Waals surface area contributed by atoms with Gasteiger partial charge in [-0.25, -0.2) is 0 Å². The number of ether oxygens (including phenoxy) is 1. The van der Waals surface area contributed by atoms with Crippen molar-refractivity contribution in [3.05, 3.63) is 24.3 Å². The van der Waals surface area contributed by atoms with E-state index in [1.807, 2.05) is 24.3 Å². The van der Waals surface area contributed by atoms with Crippen LogP contribution in [0.3, 0.4) is 0 Å². The van der Waals surface area contributed by atoms with Gasteiger partial charge in [0.05, 0.1) is 0 Å². The van der Waals surface area contributed by atoms with E-state index in [4.69, 9.17) is 10.5 Å². The highest BCUT2D eigenvalue weighted by atomic mass is 16.5. The molecule has 2 rings (SSSR count). The van der Waals surface area contributed by atoms with Crippen LogP contribution in [0.15, 0.2) is 24.3 Å². The molecule has 0 aromatic heterocycles. The van der Waals surface area contributed by atoms with E-state index in [2.05, 4.69) is 18.9 Å². The lowest BCUT2D eigenvalue weighted by molar-refractivity contribution is 0.141. The second-order valence-corrected chi connectivity index (χ2v) is 5.83. The molecule has 0 bridgehead atoms. The van der Waals surface area contributed by atoms with Gasteiger partial charge < -0.3 is 15.4 Å². The molecule has 0 heterocycles. The number of hydrogen-bond donors (Lipinski definition) is 1. The van der Waals surface area contributed by atoms with Gasteiger partial charge in [-0.15, -0.1) is 0 Å². The van der Waals surface area contributed by atoms with Gasteiger partial charge in [0.1, 0.15) is 12.4 Å². The first kappa shape index (κ1) is 14.2. The van der Waals surface area contributed by atoms with E-state index in [0.717, 1.165) is 36.5 Å². The number of nitrogen functional groups attached to an aromatic ring is 1. The molecule has 1 aliphatic rings. The van der Waals surface area contributed by atoms with Crippen LogP contribution in [-0.2, 0) is 0 Å². The molecule has 1 aliphatic carbocycles. The summed E-state index contributed by atoms with van der Waals surface area (Å²) in [5.74, 6) is 1.74. The molecular formula is C16H26N2O. The maximum Gasteiger partial charge on any atom is 0.121 e. The highest BCUT2D eigenvalue weighted by Crippen LogP contribution is 2.26. The molecule has 1 saturated carbocycles. The highest BCUT2D eigenvalue weighted by molar-refractivity contribution is 5.43. The molecule has 1 fully saturated rings. The Kier molecular flexibility index (Phi) is 5.08. The van der Waals surface area contributed by atoms with E-state index in [9.17, 15) is 0 Å². The summed E-state index contributed by atoms with van der Waals surface area (Å²) in [6.45, 7) is 4.07. The summed E-state index contributed by atoms with van der Waals surface area (Å²) in [5, 5.41) is 0. The van der Waals surface area contributed by atoms with Crippen molar-refractivity contribution in [1.29, 1.82) is 0 Å². The fraction of sp³-hybridized carbons (Fsp3) is 0.625. The lowest BCUT2D eigenvalue weighted by Crippen LogP contribution is -2.37. The normalized spacial score (nSPS) is 23.5. The average molecular weight is 262 g/mol. The minimum absolute atomic E-state index is 0.727. The molecule has 2 unspecified atom stereocenters. The van der Waals surface area contributed by atoms with Crippen LogP contribution >= 0.6 is 0 Å². The average Bonchev–Trinajstić information content (AvgIpc) is 2.38. The third-order valence-corrected chi connectivity index (χ3v) is 4.10. The predicted molar refractivity (Wildman–Crippen MR) is 80.4 cm³/mol. The van der Waals surface area contributed by atoms with Crippen molar-refractivity contribution in [2.75, 3.05) is 25.9 Å². The van der Waals surface area contributed by atoms with E-state index in [-0.39, 0.29) is 0 Å². The van der Waals surface area contributed by atoms with Gasteiger partial charge in [0.25, 0.3) is 0 Å². The van der Waals surface area contributed by atoms with E-state index in [1.165, 1.54) is 25.7 Å². The van der Waals surface area contributed by atoms with Crippen molar-refractivity contribution in [2.24, 2.45) is 5.92 Å². The molecule has 106 valence electrons. The van der Waals surface area contributed by atoms with Crippen LogP contribution in [-0.4, -0.2) is 31.1 Å². The zero-order chi connectivity index (χ0) is 13.7. The summed E-state index contributed by atoms with van der Waals surface area (Å²) < 4.78 is 5.75. The number of rotatable bonds is 5. The smallest absolute Gasteiger partial charge is 0.121 e. The molecule has 1 aromatic rings. The SMILES string of the molecule is CC1CCCC(N(C)CCOc2cccc(N)c2)C1. The van der Waals surface area contributed by atoms with E-state index in [0.29, 0.717) is 0 Å². The second kappa shape index (κ2) is 6.80. The first-order chi connectivity index (χ1) is 9.15. The molecular weight excluding hydrogens is 236 g/mol. The van der Waals surface area contributed by atoms with Gasteiger partial charge in [-0.3, -0.25) is 0 Å². The summed E-state index contributed by atoms with van der Waals surface area (Å²) in [6.07, 6.45) is 5.42. The largest absolute Gasteiger partial charge is 0.492 e. The maximum absolute atomic E-state index is 5.75. The van der Waals surface area contributed by atoms with Gasteiger partial charge >= 0.3 is 0 Å². The lowest BCUT2D eigenvalue weighted by Gasteiger charge is -2.34. The summed E-state index contributed by atoms with van der Waals surface area (Å²) in [4.78, 5) is 2.45. The van der Waals surface area contributed by atoms with Gasteiger partial charge in [-0.1, -0.05) is 25.8 Å². The second-order valence-electron chi connectivity index (χ2n) is 5.83. The topological polar surface area (TPSA) is 38.5 Å². The summed E-state index contributed by atoms with van der Waals surface area (Å²) >= 11 is 0. The molecule has 0 aliphatic heterocycles. The third-order valence-electron chi connectivity index (χ3n) is 4.10. The molecule has 0 radical (unpaired) electrons. The van der Waals surface area contributed by atoms with Crippen LogP contribution in [0.5, 0.6) is 5.75 Å². The first-order valence-corrected chi connectivity index (χ1v) is 7.33. The number of hydrogen-bond acceptors (Lipinski definition) is 3. The van der Waals surface area contributed by atoms with E-state index in [1.54, 1.807) is 0 Å². The minimum Gasteiger partial charge on any atom is -0.492 e. The number of nitrogens with two attached hydrogens (primary N) is 1. The molecule has 2 atom stereocenters. The Morgan fingerprint density at radius 3 is 2.95 bits per heavy atom. The zero-order valence-corrected chi connectivity index (χ0v) is 12.1. The Hall–Kier alpha value is -1.22. The van der Waals surface area contributed by atoms with Crippen molar-refractivity contribution >= 4 is 5.69 Å².